The molecular formula is C12H9N3O3S2. The highest BCUT2D eigenvalue weighted by molar-refractivity contribution is 7.93. The number of hydrogen-bond donors (Lipinski definition) is 1. The molecule has 0 saturated carbocycles. The van der Waals surface area contributed by atoms with Gasteiger partial charge in [-0.2, -0.15) is 0 Å². The first-order chi connectivity index (χ1) is 9.48. The van der Waals surface area contributed by atoms with E-state index in [1.165, 1.54) is 6.07 Å². The molecule has 0 aliphatic carbocycles. The maximum absolute atomic E-state index is 12.3. The van der Waals surface area contributed by atoms with Gasteiger partial charge in [0.1, 0.15) is 4.21 Å². The normalized spacial score (nSPS) is 11.8. The topological polar surface area (TPSA) is 92.8 Å². The lowest BCUT2D eigenvalue weighted by Crippen LogP contribution is -2.16. The molecule has 1 N–H and O–H groups in total. The second-order valence-electron chi connectivity index (χ2n) is 4.13. The van der Waals surface area contributed by atoms with Gasteiger partial charge in [0.15, 0.2) is 5.52 Å². The van der Waals surface area contributed by atoms with Crippen molar-refractivity contribution >= 4 is 32.2 Å². The van der Waals surface area contributed by atoms with E-state index < -0.39 is 15.4 Å². The maximum atomic E-state index is 12.3. The molecule has 3 aromatic rings. The van der Waals surface area contributed by atoms with Crippen molar-refractivity contribution in [3.63, 3.8) is 0 Å². The Kier molecular flexibility index (Phi) is 2.91. The number of rotatable bonds is 2. The van der Waals surface area contributed by atoms with Gasteiger partial charge in [-0.25, -0.2) is 18.4 Å². The summed E-state index contributed by atoms with van der Waals surface area (Å²) < 4.78 is 24.8. The molecule has 0 amide bonds. The van der Waals surface area contributed by atoms with Crippen LogP contribution in [-0.2, 0) is 9.84 Å². The van der Waals surface area contributed by atoms with Crippen LogP contribution in [0.4, 0.5) is 0 Å². The van der Waals surface area contributed by atoms with Crippen LogP contribution in [0.2, 0.25) is 0 Å². The van der Waals surface area contributed by atoms with Crippen LogP contribution >= 0.6 is 11.3 Å². The lowest BCUT2D eigenvalue weighted by Gasteiger charge is -2.03. The summed E-state index contributed by atoms with van der Waals surface area (Å²) in [6.07, 6.45) is 0. The third-order valence-corrected chi connectivity index (χ3v) is 5.66. The van der Waals surface area contributed by atoms with Crippen molar-refractivity contribution in [2.45, 2.75) is 16.3 Å². The van der Waals surface area contributed by atoms with Gasteiger partial charge in [-0.15, -0.1) is 11.3 Å². The summed E-state index contributed by atoms with van der Waals surface area (Å²) in [5.41, 5.74) is 0.497. The number of pyridine rings is 1. The van der Waals surface area contributed by atoms with E-state index in [1.54, 1.807) is 30.5 Å². The zero-order valence-electron chi connectivity index (χ0n) is 10.3. The first-order valence-corrected chi connectivity index (χ1v) is 8.01. The average molecular weight is 307 g/mol. The van der Waals surface area contributed by atoms with Crippen molar-refractivity contribution in [1.82, 2.24) is 15.0 Å². The van der Waals surface area contributed by atoms with Crippen LogP contribution in [0, 0.1) is 6.92 Å². The number of fused-ring (bicyclic) bond motifs is 1. The summed E-state index contributed by atoms with van der Waals surface area (Å²) in [5.74, 6) is 0. The largest absolute Gasteiger partial charge is 0.295 e. The standard InChI is InChI=1S/C12H9N3O3S2/c1-7-4-5-8-10(13-7)11(16)15-12(14-8)20(17,18)9-3-2-6-19-9/h2-6H,1H3,(H,14,15,16). The molecule has 20 heavy (non-hydrogen) atoms. The van der Waals surface area contributed by atoms with E-state index in [0.717, 1.165) is 11.3 Å². The summed E-state index contributed by atoms with van der Waals surface area (Å²) in [4.78, 5) is 22.3. The number of nitrogens with zero attached hydrogens (tertiary/aromatic N) is 2. The third kappa shape index (κ3) is 2.02. The Labute approximate surface area is 118 Å². The van der Waals surface area contributed by atoms with Crippen molar-refractivity contribution in [2.75, 3.05) is 0 Å². The third-order valence-electron chi connectivity index (χ3n) is 2.69. The number of aryl methyl sites for hydroxylation is 1. The SMILES string of the molecule is Cc1ccc2nc(S(=O)(=O)c3cccs3)[nH]c(=O)c2n1. The van der Waals surface area contributed by atoms with E-state index in [1.807, 2.05) is 0 Å². The number of thiophene rings is 1. The maximum Gasteiger partial charge on any atom is 0.278 e. The number of hydrogen-bond acceptors (Lipinski definition) is 6. The zero-order valence-corrected chi connectivity index (χ0v) is 12.0. The Hall–Kier alpha value is -2.06. The van der Waals surface area contributed by atoms with Crippen molar-refractivity contribution < 1.29 is 8.42 Å². The second-order valence-corrected chi connectivity index (χ2v) is 7.17. The molecule has 6 nitrogen and oxygen atoms in total. The van der Waals surface area contributed by atoms with Crippen molar-refractivity contribution in [2.24, 2.45) is 0 Å². The molecule has 0 aliphatic rings. The predicted molar refractivity (Wildman–Crippen MR) is 74.7 cm³/mol. The molecule has 0 atom stereocenters. The number of nitrogens with one attached hydrogen (secondary N) is 1. The Bertz CT molecular complexity index is 944. The van der Waals surface area contributed by atoms with Gasteiger partial charge in [0.05, 0.1) is 5.52 Å². The highest BCUT2D eigenvalue weighted by Gasteiger charge is 2.22. The fourth-order valence-electron chi connectivity index (χ4n) is 1.74. The molecule has 0 radical (unpaired) electrons. The number of aromatic amines is 1. The first kappa shape index (κ1) is 12.9. The van der Waals surface area contributed by atoms with E-state index in [9.17, 15) is 13.2 Å². The highest BCUT2D eigenvalue weighted by atomic mass is 32.2. The predicted octanol–water partition coefficient (Wildman–Crippen LogP) is 1.52. The van der Waals surface area contributed by atoms with Gasteiger partial charge in [0.2, 0.25) is 15.0 Å². The van der Waals surface area contributed by atoms with Crippen molar-refractivity contribution in [3.8, 4) is 0 Å². The van der Waals surface area contributed by atoms with E-state index >= 15 is 0 Å². The number of sulfone groups is 1. The monoisotopic (exact) mass is 307 g/mol. The smallest absolute Gasteiger partial charge is 0.278 e. The second kappa shape index (κ2) is 4.50. The summed E-state index contributed by atoms with van der Waals surface area (Å²) >= 11 is 1.07. The molecule has 0 aliphatic heterocycles. The van der Waals surface area contributed by atoms with Crippen LogP contribution in [0.15, 0.2) is 43.8 Å². The molecule has 0 spiro atoms. The van der Waals surface area contributed by atoms with Crippen LogP contribution in [0.5, 0.6) is 0 Å². The average Bonchev–Trinajstić information content (AvgIpc) is 2.94. The summed E-state index contributed by atoms with van der Waals surface area (Å²) in [6.45, 7) is 1.75. The van der Waals surface area contributed by atoms with E-state index in [2.05, 4.69) is 15.0 Å². The Balaban J connectivity index is 2.29. The van der Waals surface area contributed by atoms with Gasteiger partial charge >= 0.3 is 0 Å². The van der Waals surface area contributed by atoms with E-state index in [-0.39, 0.29) is 20.4 Å². The molecule has 8 heteroatoms. The lowest BCUT2D eigenvalue weighted by atomic mass is 10.3. The minimum absolute atomic E-state index is 0.134. The molecule has 102 valence electrons. The van der Waals surface area contributed by atoms with Gasteiger partial charge in [0, 0.05) is 5.69 Å². The summed E-state index contributed by atoms with van der Waals surface area (Å²) in [6, 6.07) is 6.36. The minimum atomic E-state index is -3.80. The van der Waals surface area contributed by atoms with Gasteiger partial charge in [-0.05, 0) is 30.5 Å². The number of aromatic nitrogens is 3. The Morgan fingerprint density at radius 2 is 2.00 bits per heavy atom. The zero-order chi connectivity index (χ0) is 14.3. The van der Waals surface area contributed by atoms with Crippen molar-refractivity contribution in [3.05, 3.63) is 45.7 Å². The van der Waals surface area contributed by atoms with Crippen LogP contribution in [-0.4, -0.2) is 23.4 Å². The first-order valence-electron chi connectivity index (χ1n) is 5.65. The van der Waals surface area contributed by atoms with Gasteiger partial charge < -0.3 is 0 Å². The molecule has 0 aromatic carbocycles. The van der Waals surface area contributed by atoms with Gasteiger partial charge in [-0.1, -0.05) is 6.07 Å². The molecule has 0 saturated heterocycles. The molecule has 3 heterocycles. The Morgan fingerprint density at radius 1 is 1.20 bits per heavy atom. The molecule has 3 aromatic heterocycles. The van der Waals surface area contributed by atoms with E-state index in [4.69, 9.17) is 0 Å². The minimum Gasteiger partial charge on any atom is -0.295 e. The van der Waals surface area contributed by atoms with Crippen LogP contribution in [0.3, 0.4) is 0 Å². The fourth-order valence-corrected chi connectivity index (χ4v) is 3.99. The van der Waals surface area contributed by atoms with E-state index in [0.29, 0.717) is 5.69 Å². The van der Waals surface area contributed by atoms with Crippen molar-refractivity contribution in [1.29, 1.82) is 0 Å². The molecule has 3 rings (SSSR count). The number of H-pyrrole nitrogens is 1. The summed E-state index contributed by atoms with van der Waals surface area (Å²) in [5, 5.41) is 1.29. The summed E-state index contributed by atoms with van der Waals surface area (Å²) in [7, 11) is -3.80. The lowest BCUT2D eigenvalue weighted by molar-refractivity contribution is 0.589. The molecular weight excluding hydrogens is 298 g/mol. The molecule has 0 unspecified atom stereocenters. The molecule has 0 fully saturated rings. The Morgan fingerprint density at radius 3 is 2.70 bits per heavy atom. The van der Waals surface area contributed by atoms with Crippen LogP contribution in [0.25, 0.3) is 11.0 Å². The van der Waals surface area contributed by atoms with Gasteiger partial charge in [0.25, 0.3) is 5.56 Å². The molecule has 0 bridgehead atoms. The quantitative estimate of drug-likeness (QED) is 0.725. The van der Waals surface area contributed by atoms with Crippen LogP contribution < -0.4 is 5.56 Å². The van der Waals surface area contributed by atoms with Crippen LogP contribution in [0.1, 0.15) is 5.69 Å². The highest BCUT2D eigenvalue weighted by Crippen LogP contribution is 2.22. The fraction of sp³-hybridized carbons (Fsp3) is 0.0833. The van der Waals surface area contributed by atoms with Gasteiger partial charge in [-0.3, -0.25) is 9.78 Å².